The summed E-state index contributed by atoms with van der Waals surface area (Å²) in [6.07, 6.45) is 0. The average molecular weight is 358 g/mol. The van der Waals surface area contributed by atoms with E-state index in [4.69, 9.17) is 22.1 Å². The molecule has 7 heteroatoms. The van der Waals surface area contributed by atoms with E-state index >= 15 is 0 Å². The third kappa shape index (κ3) is 3.27. The molecule has 2 N–H and O–H groups in total. The molecule has 0 heterocycles. The van der Waals surface area contributed by atoms with Crippen molar-refractivity contribution in [3.63, 3.8) is 0 Å². The van der Waals surface area contributed by atoms with Gasteiger partial charge in [-0.25, -0.2) is 0 Å². The molecule has 0 spiro atoms. The number of nitrogens with zero attached hydrogens (tertiary/aromatic N) is 1. The van der Waals surface area contributed by atoms with E-state index in [1.807, 2.05) is 0 Å². The number of halogens is 2. The lowest BCUT2D eigenvalue weighted by atomic mass is 10.2. The van der Waals surface area contributed by atoms with Crippen LogP contribution in [0.2, 0.25) is 5.02 Å². The largest absolute Gasteiger partial charge is 0.456 e. The minimum Gasteiger partial charge on any atom is -0.456 e. The molecule has 0 atom stereocenters. The molecule has 0 aliphatic carbocycles. The monoisotopic (exact) mass is 356 g/mol. The van der Waals surface area contributed by atoms with Crippen molar-refractivity contribution in [2.24, 2.45) is 5.73 Å². The zero-order valence-corrected chi connectivity index (χ0v) is 12.5. The number of ether oxygens (including phenoxy) is 1. The lowest BCUT2D eigenvalue weighted by Gasteiger charge is -2.11. The van der Waals surface area contributed by atoms with Gasteiger partial charge >= 0.3 is 0 Å². The van der Waals surface area contributed by atoms with E-state index in [0.717, 1.165) is 5.56 Å². The topological polar surface area (TPSA) is 78.4 Å². The van der Waals surface area contributed by atoms with Crippen LogP contribution < -0.4 is 10.5 Å². The average Bonchev–Trinajstić information content (AvgIpc) is 2.42. The Kier molecular flexibility index (Phi) is 4.59. The van der Waals surface area contributed by atoms with Crippen LogP contribution in [0.1, 0.15) is 5.56 Å². The van der Waals surface area contributed by atoms with Crippen molar-refractivity contribution >= 4 is 33.2 Å². The molecule has 0 aliphatic heterocycles. The van der Waals surface area contributed by atoms with Crippen LogP contribution in [0.5, 0.6) is 11.5 Å². The Morgan fingerprint density at radius 2 is 2.00 bits per heavy atom. The molecule has 0 bridgehead atoms. The van der Waals surface area contributed by atoms with Crippen LogP contribution in [0.4, 0.5) is 5.69 Å². The number of nitrogens with two attached hydrogens (primary N) is 1. The third-order valence-electron chi connectivity index (χ3n) is 2.59. The van der Waals surface area contributed by atoms with E-state index in [9.17, 15) is 10.1 Å². The molecule has 5 nitrogen and oxygen atoms in total. The smallest absolute Gasteiger partial charge is 0.273 e. The molecule has 0 radical (unpaired) electrons. The van der Waals surface area contributed by atoms with Crippen LogP contribution in [0, 0.1) is 10.1 Å². The summed E-state index contributed by atoms with van der Waals surface area (Å²) in [6, 6.07) is 9.34. The molecule has 0 unspecified atom stereocenters. The van der Waals surface area contributed by atoms with Crippen molar-refractivity contribution in [1.82, 2.24) is 0 Å². The van der Waals surface area contributed by atoms with Gasteiger partial charge in [0, 0.05) is 23.2 Å². The van der Waals surface area contributed by atoms with Crippen molar-refractivity contribution in [2.45, 2.75) is 6.54 Å². The normalized spacial score (nSPS) is 10.3. The van der Waals surface area contributed by atoms with Gasteiger partial charge in [0.15, 0.2) is 0 Å². The third-order valence-corrected chi connectivity index (χ3v) is 3.48. The fourth-order valence-electron chi connectivity index (χ4n) is 1.61. The Morgan fingerprint density at radius 1 is 1.25 bits per heavy atom. The Bertz CT molecular complexity index is 664. The molecule has 0 aliphatic rings. The summed E-state index contributed by atoms with van der Waals surface area (Å²) in [7, 11) is 0. The second kappa shape index (κ2) is 6.21. The molecule has 2 aromatic carbocycles. The molecule has 0 amide bonds. The Morgan fingerprint density at radius 3 is 2.65 bits per heavy atom. The first-order valence-corrected chi connectivity index (χ1v) is 6.78. The SMILES string of the molecule is NCc1cc(Cl)ccc1Oc1cc([N+](=O)[O-])ccc1Br. The number of hydrogen-bond acceptors (Lipinski definition) is 4. The van der Waals surface area contributed by atoms with E-state index < -0.39 is 4.92 Å². The van der Waals surface area contributed by atoms with E-state index in [1.165, 1.54) is 12.1 Å². The van der Waals surface area contributed by atoms with E-state index in [-0.39, 0.29) is 12.2 Å². The van der Waals surface area contributed by atoms with Gasteiger partial charge in [0.25, 0.3) is 5.69 Å². The van der Waals surface area contributed by atoms with Crippen molar-refractivity contribution < 1.29 is 9.66 Å². The molecule has 0 fully saturated rings. The Hall–Kier alpha value is -1.63. The number of nitro groups is 1. The van der Waals surface area contributed by atoms with Crippen LogP contribution in [0.15, 0.2) is 40.9 Å². The maximum Gasteiger partial charge on any atom is 0.273 e. The first kappa shape index (κ1) is 14.8. The molecule has 0 aromatic heterocycles. The number of non-ortho nitro benzene ring substituents is 1. The van der Waals surface area contributed by atoms with E-state index in [1.54, 1.807) is 24.3 Å². The maximum absolute atomic E-state index is 10.8. The maximum atomic E-state index is 10.8. The Labute approximate surface area is 128 Å². The van der Waals surface area contributed by atoms with Gasteiger partial charge in [0.05, 0.1) is 15.5 Å². The summed E-state index contributed by atoms with van der Waals surface area (Å²) in [5.41, 5.74) is 6.30. The van der Waals surface area contributed by atoms with Crippen LogP contribution >= 0.6 is 27.5 Å². The van der Waals surface area contributed by atoms with Gasteiger partial charge in [-0.05, 0) is 40.2 Å². The van der Waals surface area contributed by atoms with E-state index in [0.29, 0.717) is 21.0 Å². The second-order valence-electron chi connectivity index (χ2n) is 3.93. The quantitative estimate of drug-likeness (QED) is 0.655. The van der Waals surface area contributed by atoms with Crippen molar-refractivity contribution in [3.8, 4) is 11.5 Å². The van der Waals surface area contributed by atoms with Gasteiger partial charge in [0.1, 0.15) is 11.5 Å². The summed E-state index contributed by atoms with van der Waals surface area (Å²) < 4.78 is 6.30. The molecule has 20 heavy (non-hydrogen) atoms. The minimum absolute atomic E-state index is 0.0496. The summed E-state index contributed by atoms with van der Waals surface area (Å²) in [4.78, 5) is 10.3. The van der Waals surface area contributed by atoms with Crippen LogP contribution in [0.25, 0.3) is 0 Å². The van der Waals surface area contributed by atoms with Gasteiger partial charge in [-0.3, -0.25) is 10.1 Å². The van der Waals surface area contributed by atoms with Crippen molar-refractivity contribution in [2.75, 3.05) is 0 Å². The fourth-order valence-corrected chi connectivity index (χ4v) is 2.13. The van der Waals surface area contributed by atoms with Crippen LogP contribution in [0.3, 0.4) is 0 Å². The summed E-state index contributed by atoms with van der Waals surface area (Å²) in [6.45, 7) is 0.252. The predicted octanol–water partition coefficient (Wildman–Crippen LogP) is 4.26. The fraction of sp³-hybridized carbons (Fsp3) is 0.0769. The number of benzene rings is 2. The molecular formula is C13H10BrClN2O3. The highest BCUT2D eigenvalue weighted by atomic mass is 79.9. The predicted molar refractivity (Wildman–Crippen MR) is 80.2 cm³/mol. The highest BCUT2D eigenvalue weighted by Gasteiger charge is 2.13. The number of hydrogen-bond donors (Lipinski definition) is 1. The van der Waals surface area contributed by atoms with Gasteiger partial charge in [0.2, 0.25) is 0 Å². The molecular weight excluding hydrogens is 348 g/mol. The highest BCUT2D eigenvalue weighted by molar-refractivity contribution is 9.10. The van der Waals surface area contributed by atoms with Crippen LogP contribution in [-0.4, -0.2) is 4.92 Å². The standard InChI is InChI=1S/C13H10BrClN2O3/c14-11-3-2-10(17(18)19)6-13(11)20-12-4-1-9(15)5-8(12)7-16/h1-6H,7,16H2. The molecule has 2 rings (SSSR count). The molecule has 104 valence electrons. The second-order valence-corrected chi connectivity index (χ2v) is 5.22. The first-order chi connectivity index (χ1) is 9.51. The Balaban J connectivity index is 2.39. The minimum atomic E-state index is -0.481. The van der Waals surface area contributed by atoms with Gasteiger partial charge < -0.3 is 10.5 Å². The van der Waals surface area contributed by atoms with Gasteiger partial charge in [-0.2, -0.15) is 0 Å². The van der Waals surface area contributed by atoms with Gasteiger partial charge in [-0.15, -0.1) is 0 Å². The number of nitro benzene ring substituents is 1. The summed E-state index contributed by atoms with van der Waals surface area (Å²) in [5.74, 6) is 0.856. The highest BCUT2D eigenvalue weighted by Crippen LogP contribution is 2.35. The first-order valence-electron chi connectivity index (χ1n) is 5.61. The van der Waals surface area contributed by atoms with Crippen LogP contribution in [-0.2, 0) is 6.54 Å². The van der Waals surface area contributed by atoms with E-state index in [2.05, 4.69) is 15.9 Å². The number of rotatable bonds is 4. The molecule has 2 aromatic rings. The summed E-state index contributed by atoms with van der Waals surface area (Å²) in [5, 5.41) is 11.3. The van der Waals surface area contributed by atoms with Gasteiger partial charge in [-0.1, -0.05) is 11.6 Å². The zero-order chi connectivity index (χ0) is 14.7. The zero-order valence-electron chi connectivity index (χ0n) is 10.2. The lowest BCUT2D eigenvalue weighted by molar-refractivity contribution is -0.384. The van der Waals surface area contributed by atoms with Crippen molar-refractivity contribution in [1.29, 1.82) is 0 Å². The van der Waals surface area contributed by atoms with Crippen molar-refractivity contribution in [3.05, 3.63) is 61.6 Å². The summed E-state index contributed by atoms with van der Waals surface area (Å²) >= 11 is 9.18. The molecule has 0 saturated carbocycles. The lowest BCUT2D eigenvalue weighted by Crippen LogP contribution is -2.00. The molecule has 0 saturated heterocycles.